The van der Waals surface area contributed by atoms with Crippen molar-refractivity contribution >= 4 is 60.9 Å². The van der Waals surface area contributed by atoms with Crippen LogP contribution in [0.25, 0.3) is 60.8 Å². The number of benzene rings is 6. The Morgan fingerprint density at radius 1 is 0.467 bits per heavy atom. The van der Waals surface area contributed by atoms with E-state index in [0.29, 0.717) is 5.71 Å². The van der Waals surface area contributed by atoms with Crippen LogP contribution in [0.3, 0.4) is 0 Å². The summed E-state index contributed by atoms with van der Waals surface area (Å²) >= 11 is 0. The zero-order valence-electron chi connectivity index (χ0n) is 24.3. The van der Waals surface area contributed by atoms with E-state index in [9.17, 15) is 0 Å². The first-order valence-corrected chi connectivity index (χ1v) is 15.1. The van der Waals surface area contributed by atoms with E-state index in [0.717, 1.165) is 55.9 Å². The summed E-state index contributed by atoms with van der Waals surface area (Å²) in [6, 6.07) is 57.4. The summed E-state index contributed by atoms with van der Waals surface area (Å²) in [7, 11) is 0. The van der Waals surface area contributed by atoms with Crippen LogP contribution in [0.1, 0.15) is 0 Å². The van der Waals surface area contributed by atoms with Gasteiger partial charge in [0.15, 0.2) is 0 Å². The molecule has 45 heavy (non-hydrogen) atoms. The van der Waals surface area contributed by atoms with Crippen molar-refractivity contribution in [2.45, 2.75) is 0 Å². The minimum Gasteiger partial charge on any atom is -0.438 e. The molecule has 9 rings (SSSR count). The Labute approximate surface area is 260 Å². The Balaban J connectivity index is 1.15. The van der Waals surface area contributed by atoms with Crippen molar-refractivity contribution < 1.29 is 4.42 Å². The maximum Gasteiger partial charge on any atom is 0.227 e. The van der Waals surface area contributed by atoms with Crippen LogP contribution in [0.15, 0.2) is 168 Å². The SMILES string of the molecule is c1ccc(N(c2ccccc2)c2ccc3c(c2)c2ccccc2n3-c2ccc(-c3ccc4c(n3)oc3ccccc34)cc2)cc1. The summed E-state index contributed by atoms with van der Waals surface area (Å²) in [6.07, 6.45) is 0. The summed E-state index contributed by atoms with van der Waals surface area (Å²) in [5.74, 6) is 0. The van der Waals surface area contributed by atoms with E-state index in [4.69, 9.17) is 9.40 Å². The molecule has 0 saturated carbocycles. The number of rotatable bonds is 5. The maximum absolute atomic E-state index is 6.06. The second kappa shape index (κ2) is 10.2. The fourth-order valence-electron chi connectivity index (χ4n) is 6.53. The number of furan rings is 1. The van der Waals surface area contributed by atoms with Crippen molar-refractivity contribution in [3.63, 3.8) is 0 Å². The Morgan fingerprint density at radius 3 is 1.87 bits per heavy atom. The lowest BCUT2D eigenvalue weighted by Crippen LogP contribution is -2.09. The van der Waals surface area contributed by atoms with Gasteiger partial charge in [0.05, 0.1) is 16.7 Å². The molecule has 0 atom stereocenters. The molecule has 9 aromatic rings. The minimum absolute atomic E-state index is 0.663. The van der Waals surface area contributed by atoms with Gasteiger partial charge in [0.2, 0.25) is 5.71 Å². The Kier molecular flexibility index (Phi) is 5.78. The summed E-state index contributed by atoms with van der Waals surface area (Å²) < 4.78 is 8.41. The van der Waals surface area contributed by atoms with E-state index in [1.54, 1.807) is 0 Å². The molecule has 0 radical (unpaired) electrons. The van der Waals surface area contributed by atoms with E-state index in [-0.39, 0.29) is 0 Å². The molecule has 0 amide bonds. The molecule has 0 unspecified atom stereocenters. The molecule has 3 heterocycles. The number of hydrogen-bond donors (Lipinski definition) is 0. The molecule has 0 aliphatic rings. The summed E-state index contributed by atoms with van der Waals surface area (Å²) in [6.45, 7) is 0. The predicted molar refractivity (Wildman–Crippen MR) is 186 cm³/mol. The Morgan fingerprint density at radius 2 is 1.11 bits per heavy atom. The second-order valence-corrected chi connectivity index (χ2v) is 11.3. The number of nitrogens with zero attached hydrogens (tertiary/aromatic N) is 3. The van der Waals surface area contributed by atoms with Crippen molar-refractivity contribution in [2.75, 3.05) is 4.90 Å². The average molecular weight is 578 g/mol. The molecule has 4 heteroatoms. The number of anilines is 3. The standard InChI is InChI=1S/C41H27N3O/c1-3-11-29(12-4-1)43(30-13-5-2-6-14-30)32-23-26-39-36(27-32)33-15-7-9-17-38(33)44(39)31-21-19-28(20-22-31)37-25-24-35-34-16-8-10-18-40(34)45-41(35)42-37/h1-27H. The zero-order chi connectivity index (χ0) is 29.7. The van der Waals surface area contributed by atoms with Gasteiger partial charge in [-0.2, -0.15) is 0 Å². The van der Waals surface area contributed by atoms with E-state index in [1.807, 2.05) is 18.2 Å². The van der Waals surface area contributed by atoms with E-state index < -0.39 is 0 Å². The quantitative estimate of drug-likeness (QED) is 0.204. The first-order valence-electron chi connectivity index (χ1n) is 15.1. The molecule has 0 fully saturated rings. The van der Waals surface area contributed by atoms with Crippen molar-refractivity contribution in [3.8, 4) is 16.9 Å². The van der Waals surface area contributed by atoms with Crippen molar-refractivity contribution in [1.29, 1.82) is 0 Å². The number of fused-ring (bicyclic) bond motifs is 6. The smallest absolute Gasteiger partial charge is 0.227 e. The molecule has 0 spiro atoms. The van der Waals surface area contributed by atoms with Crippen LogP contribution in [-0.2, 0) is 0 Å². The summed E-state index contributed by atoms with van der Waals surface area (Å²) in [5, 5.41) is 4.55. The van der Waals surface area contributed by atoms with Crippen LogP contribution in [0.4, 0.5) is 17.1 Å². The van der Waals surface area contributed by atoms with Gasteiger partial charge in [-0.3, -0.25) is 0 Å². The van der Waals surface area contributed by atoms with Crippen LogP contribution in [0, 0.1) is 0 Å². The van der Waals surface area contributed by atoms with E-state index >= 15 is 0 Å². The van der Waals surface area contributed by atoms with E-state index in [1.165, 1.54) is 16.3 Å². The first-order chi connectivity index (χ1) is 22.3. The highest BCUT2D eigenvalue weighted by molar-refractivity contribution is 6.10. The monoisotopic (exact) mass is 577 g/mol. The Bertz CT molecular complexity index is 2440. The fourth-order valence-corrected chi connectivity index (χ4v) is 6.53. The van der Waals surface area contributed by atoms with Crippen LogP contribution in [-0.4, -0.2) is 9.55 Å². The predicted octanol–water partition coefficient (Wildman–Crippen LogP) is 11.2. The van der Waals surface area contributed by atoms with Gasteiger partial charge in [-0.15, -0.1) is 0 Å². The molecule has 6 aromatic carbocycles. The van der Waals surface area contributed by atoms with Crippen molar-refractivity contribution in [3.05, 3.63) is 164 Å². The molecular formula is C41H27N3O. The number of pyridine rings is 1. The lowest BCUT2D eigenvalue weighted by Gasteiger charge is -2.25. The number of hydrogen-bond acceptors (Lipinski definition) is 3. The zero-order valence-corrected chi connectivity index (χ0v) is 24.3. The lowest BCUT2D eigenvalue weighted by atomic mass is 10.1. The third-order valence-corrected chi connectivity index (χ3v) is 8.61. The molecule has 0 N–H and O–H groups in total. The maximum atomic E-state index is 6.06. The highest BCUT2D eigenvalue weighted by atomic mass is 16.3. The molecule has 4 nitrogen and oxygen atoms in total. The van der Waals surface area contributed by atoms with Gasteiger partial charge in [-0.05, 0) is 78.9 Å². The van der Waals surface area contributed by atoms with Gasteiger partial charge in [-0.1, -0.05) is 84.9 Å². The summed E-state index contributed by atoms with van der Waals surface area (Å²) in [4.78, 5) is 7.18. The normalized spacial score (nSPS) is 11.6. The molecule has 212 valence electrons. The lowest BCUT2D eigenvalue weighted by molar-refractivity contribution is 0.654. The van der Waals surface area contributed by atoms with Gasteiger partial charge in [0.25, 0.3) is 0 Å². The van der Waals surface area contributed by atoms with Crippen molar-refractivity contribution in [2.24, 2.45) is 0 Å². The second-order valence-electron chi connectivity index (χ2n) is 11.3. The molecule has 0 bridgehead atoms. The average Bonchev–Trinajstić information content (AvgIpc) is 3.64. The van der Waals surface area contributed by atoms with Gasteiger partial charge >= 0.3 is 0 Å². The Hall–Kier alpha value is -6.13. The third kappa shape index (κ3) is 4.19. The molecular weight excluding hydrogens is 550 g/mol. The van der Waals surface area contributed by atoms with Gasteiger partial charge in [0.1, 0.15) is 5.58 Å². The van der Waals surface area contributed by atoms with Gasteiger partial charge in [0, 0.05) is 49.9 Å². The summed E-state index contributed by atoms with van der Waals surface area (Å²) in [5.41, 5.74) is 10.3. The largest absolute Gasteiger partial charge is 0.438 e. The molecule has 0 saturated heterocycles. The highest BCUT2D eigenvalue weighted by Gasteiger charge is 2.17. The number of aromatic nitrogens is 2. The number of para-hydroxylation sites is 4. The van der Waals surface area contributed by atoms with Gasteiger partial charge in [-0.25, -0.2) is 4.98 Å². The van der Waals surface area contributed by atoms with Crippen LogP contribution in [0.2, 0.25) is 0 Å². The third-order valence-electron chi connectivity index (χ3n) is 8.61. The minimum atomic E-state index is 0.663. The molecule has 0 aliphatic carbocycles. The fraction of sp³-hybridized carbons (Fsp3) is 0. The van der Waals surface area contributed by atoms with Crippen LogP contribution >= 0.6 is 0 Å². The molecule has 3 aromatic heterocycles. The molecule has 0 aliphatic heterocycles. The highest BCUT2D eigenvalue weighted by Crippen LogP contribution is 2.39. The van der Waals surface area contributed by atoms with Crippen molar-refractivity contribution in [1.82, 2.24) is 9.55 Å². The topological polar surface area (TPSA) is 34.2 Å². The van der Waals surface area contributed by atoms with Crippen LogP contribution in [0.5, 0.6) is 0 Å². The van der Waals surface area contributed by atoms with Gasteiger partial charge < -0.3 is 13.9 Å². The van der Waals surface area contributed by atoms with Crippen LogP contribution < -0.4 is 4.90 Å². The van der Waals surface area contributed by atoms with E-state index in [2.05, 4.69) is 155 Å². The first kappa shape index (κ1) is 25.4.